The highest BCUT2D eigenvalue weighted by Gasteiger charge is 2.22. The van der Waals surface area contributed by atoms with Crippen molar-refractivity contribution in [3.05, 3.63) is 22.4 Å². The van der Waals surface area contributed by atoms with Gasteiger partial charge < -0.3 is 10.2 Å². The second-order valence-electron chi connectivity index (χ2n) is 3.84. The van der Waals surface area contributed by atoms with Gasteiger partial charge in [0.25, 0.3) is 0 Å². The lowest BCUT2D eigenvalue weighted by atomic mass is 10.1. The molecule has 1 heterocycles. The molecule has 1 aliphatic rings. The molecule has 0 fully saturated rings. The van der Waals surface area contributed by atoms with E-state index in [4.69, 9.17) is 0 Å². The van der Waals surface area contributed by atoms with Crippen molar-refractivity contribution in [2.75, 3.05) is 23.8 Å². The summed E-state index contributed by atoms with van der Waals surface area (Å²) < 4.78 is 13.9. The third-order valence-corrected chi connectivity index (χ3v) is 3.57. The Balaban J connectivity index is 2.43. The molecule has 1 unspecified atom stereocenters. The van der Waals surface area contributed by atoms with Crippen LogP contribution in [-0.4, -0.2) is 19.6 Å². The first kappa shape index (κ1) is 10.7. The minimum atomic E-state index is -0.209. The predicted molar refractivity (Wildman–Crippen MR) is 65.1 cm³/mol. The normalized spacial score (nSPS) is 19.7. The van der Waals surface area contributed by atoms with E-state index >= 15 is 0 Å². The molecular weight excluding hydrogens is 259 g/mol. The van der Waals surface area contributed by atoms with Crippen LogP contribution in [-0.2, 0) is 0 Å². The molecule has 0 spiro atoms. The molecule has 1 aliphatic heterocycles. The van der Waals surface area contributed by atoms with Crippen molar-refractivity contribution in [2.45, 2.75) is 19.4 Å². The number of nitrogens with one attached hydrogen (secondary N) is 1. The maximum absolute atomic E-state index is 13.4. The van der Waals surface area contributed by atoms with E-state index in [2.05, 4.69) is 33.1 Å². The molecule has 4 heteroatoms. The van der Waals surface area contributed by atoms with E-state index in [1.807, 2.05) is 7.05 Å². The fourth-order valence-electron chi connectivity index (χ4n) is 1.95. The van der Waals surface area contributed by atoms with Crippen LogP contribution < -0.4 is 10.2 Å². The Morgan fingerprint density at radius 2 is 2.33 bits per heavy atom. The zero-order chi connectivity index (χ0) is 11.0. The van der Waals surface area contributed by atoms with Gasteiger partial charge in [0.05, 0.1) is 15.8 Å². The lowest BCUT2D eigenvalue weighted by Gasteiger charge is -2.36. The first-order valence-corrected chi connectivity index (χ1v) is 5.88. The molecule has 0 aliphatic carbocycles. The van der Waals surface area contributed by atoms with Crippen LogP contribution in [0.2, 0.25) is 0 Å². The van der Waals surface area contributed by atoms with Crippen molar-refractivity contribution in [3.63, 3.8) is 0 Å². The predicted octanol–water partition coefficient (Wildman–Crippen LogP) is 3.23. The van der Waals surface area contributed by atoms with Gasteiger partial charge in [0.15, 0.2) is 0 Å². The fourth-order valence-corrected chi connectivity index (χ4v) is 2.29. The van der Waals surface area contributed by atoms with E-state index < -0.39 is 0 Å². The maximum atomic E-state index is 13.4. The van der Waals surface area contributed by atoms with E-state index in [0.717, 1.165) is 24.3 Å². The molecule has 2 nitrogen and oxygen atoms in total. The van der Waals surface area contributed by atoms with Crippen molar-refractivity contribution >= 4 is 27.3 Å². The second kappa shape index (κ2) is 4.00. The molecule has 0 aromatic heterocycles. The van der Waals surface area contributed by atoms with Gasteiger partial charge in [-0.25, -0.2) is 4.39 Å². The van der Waals surface area contributed by atoms with Crippen LogP contribution >= 0.6 is 15.9 Å². The largest absolute Gasteiger partial charge is 0.381 e. The van der Waals surface area contributed by atoms with Gasteiger partial charge in [0.1, 0.15) is 5.82 Å². The van der Waals surface area contributed by atoms with Gasteiger partial charge in [-0.2, -0.15) is 0 Å². The fraction of sp³-hybridized carbons (Fsp3) is 0.455. The average molecular weight is 273 g/mol. The number of nitrogens with zero attached hydrogens (tertiary/aromatic N) is 1. The lowest BCUT2D eigenvalue weighted by Crippen LogP contribution is -2.41. The van der Waals surface area contributed by atoms with Crippen molar-refractivity contribution < 1.29 is 4.39 Å². The SMILES string of the molecule is CCC1CNc2cc(Br)c(F)cc2N1C. The van der Waals surface area contributed by atoms with E-state index in [1.165, 1.54) is 0 Å². The van der Waals surface area contributed by atoms with Gasteiger partial charge in [-0.15, -0.1) is 0 Å². The molecule has 1 N–H and O–H groups in total. The van der Waals surface area contributed by atoms with Gasteiger partial charge in [0, 0.05) is 25.7 Å². The van der Waals surface area contributed by atoms with Crippen LogP contribution in [0.3, 0.4) is 0 Å². The molecule has 82 valence electrons. The minimum Gasteiger partial charge on any atom is -0.381 e. The molecule has 0 radical (unpaired) electrons. The molecular formula is C11H14BrFN2. The Morgan fingerprint density at radius 1 is 1.60 bits per heavy atom. The first-order valence-electron chi connectivity index (χ1n) is 5.09. The Kier molecular flexibility index (Phi) is 2.87. The molecule has 2 rings (SSSR count). The monoisotopic (exact) mass is 272 g/mol. The Labute approximate surface area is 97.6 Å². The highest BCUT2D eigenvalue weighted by Crippen LogP contribution is 2.35. The standard InChI is InChI=1S/C11H14BrFN2/c1-3-7-6-14-10-4-8(12)9(13)5-11(10)15(7)2/h4-5,7,14H,3,6H2,1-2H3. The minimum absolute atomic E-state index is 0.209. The van der Waals surface area contributed by atoms with E-state index in [0.29, 0.717) is 10.5 Å². The first-order chi connectivity index (χ1) is 7.13. The number of hydrogen-bond acceptors (Lipinski definition) is 2. The Bertz CT molecular complexity index is 381. The molecule has 0 bridgehead atoms. The van der Waals surface area contributed by atoms with Crippen LogP contribution in [0.1, 0.15) is 13.3 Å². The highest BCUT2D eigenvalue weighted by molar-refractivity contribution is 9.10. The van der Waals surface area contributed by atoms with Crippen molar-refractivity contribution in [1.82, 2.24) is 0 Å². The lowest BCUT2D eigenvalue weighted by molar-refractivity contribution is 0.602. The number of rotatable bonds is 1. The molecule has 0 amide bonds. The van der Waals surface area contributed by atoms with Gasteiger partial charge in [0.2, 0.25) is 0 Å². The molecule has 15 heavy (non-hydrogen) atoms. The molecule has 1 atom stereocenters. The van der Waals surface area contributed by atoms with Crippen LogP contribution in [0.4, 0.5) is 15.8 Å². The Hall–Kier alpha value is -0.770. The average Bonchev–Trinajstić information content (AvgIpc) is 2.22. The number of benzene rings is 1. The smallest absolute Gasteiger partial charge is 0.139 e. The van der Waals surface area contributed by atoms with E-state index in [-0.39, 0.29) is 5.82 Å². The van der Waals surface area contributed by atoms with Crippen LogP contribution in [0.5, 0.6) is 0 Å². The highest BCUT2D eigenvalue weighted by atomic mass is 79.9. The van der Waals surface area contributed by atoms with Gasteiger partial charge in [-0.1, -0.05) is 6.92 Å². The summed E-state index contributed by atoms with van der Waals surface area (Å²) in [5.74, 6) is -0.209. The summed E-state index contributed by atoms with van der Waals surface area (Å²) in [7, 11) is 2.02. The third kappa shape index (κ3) is 1.83. The van der Waals surface area contributed by atoms with E-state index in [1.54, 1.807) is 12.1 Å². The van der Waals surface area contributed by atoms with Gasteiger partial charge in [-0.05, 0) is 28.4 Å². The molecule has 1 aromatic carbocycles. The zero-order valence-electron chi connectivity index (χ0n) is 8.85. The van der Waals surface area contributed by atoms with Crippen LogP contribution in [0.15, 0.2) is 16.6 Å². The van der Waals surface area contributed by atoms with E-state index in [9.17, 15) is 4.39 Å². The summed E-state index contributed by atoms with van der Waals surface area (Å²) in [6.45, 7) is 3.06. The van der Waals surface area contributed by atoms with Gasteiger partial charge in [-0.3, -0.25) is 0 Å². The summed E-state index contributed by atoms with van der Waals surface area (Å²) in [4.78, 5) is 2.14. The number of anilines is 2. The van der Waals surface area contributed by atoms with Crippen LogP contribution in [0, 0.1) is 5.82 Å². The second-order valence-corrected chi connectivity index (χ2v) is 4.69. The van der Waals surface area contributed by atoms with Crippen molar-refractivity contribution in [3.8, 4) is 0 Å². The summed E-state index contributed by atoms with van der Waals surface area (Å²) in [6.07, 6.45) is 1.06. The number of hydrogen-bond donors (Lipinski definition) is 1. The summed E-state index contributed by atoms with van der Waals surface area (Å²) in [5, 5.41) is 3.32. The van der Waals surface area contributed by atoms with Crippen molar-refractivity contribution in [1.29, 1.82) is 0 Å². The summed E-state index contributed by atoms with van der Waals surface area (Å²) in [6, 6.07) is 3.82. The number of likely N-dealkylation sites (N-methyl/N-ethyl adjacent to an activating group) is 1. The number of fused-ring (bicyclic) bond motifs is 1. The summed E-state index contributed by atoms with van der Waals surface area (Å²) >= 11 is 3.19. The summed E-state index contributed by atoms with van der Waals surface area (Å²) in [5.41, 5.74) is 1.93. The van der Waals surface area contributed by atoms with Gasteiger partial charge >= 0.3 is 0 Å². The molecule has 0 saturated heterocycles. The zero-order valence-corrected chi connectivity index (χ0v) is 10.4. The molecule has 1 aromatic rings. The molecule has 0 saturated carbocycles. The number of halogens is 2. The maximum Gasteiger partial charge on any atom is 0.139 e. The quantitative estimate of drug-likeness (QED) is 0.845. The van der Waals surface area contributed by atoms with Crippen molar-refractivity contribution in [2.24, 2.45) is 0 Å². The topological polar surface area (TPSA) is 15.3 Å². The Morgan fingerprint density at radius 3 is 3.00 bits per heavy atom. The third-order valence-electron chi connectivity index (χ3n) is 2.97. The van der Waals surface area contributed by atoms with Crippen LogP contribution in [0.25, 0.3) is 0 Å².